The van der Waals surface area contributed by atoms with Gasteiger partial charge in [0.15, 0.2) is 0 Å². The number of hydrogen-bond acceptors (Lipinski definition) is 4. The Morgan fingerprint density at radius 1 is 1.20 bits per heavy atom. The highest BCUT2D eigenvalue weighted by atomic mass is 32.1. The molecule has 0 aliphatic carbocycles. The average molecular weight is 305 g/mol. The maximum absolute atomic E-state index is 13.7. The van der Waals surface area contributed by atoms with Crippen LogP contribution in [0.4, 0.5) is 4.39 Å². The van der Waals surface area contributed by atoms with Crippen molar-refractivity contribution in [3.63, 3.8) is 0 Å². The molecule has 6 heteroatoms. The molecule has 0 bridgehead atoms. The van der Waals surface area contributed by atoms with Crippen molar-refractivity contribution >= 4 is 28.6 Å². The molecule has 0 spiro atoms. The van der Waals surface area contributed by atoms with Gasteiger partial charge in [-0.3, -0.25) is 0 Å². The Hall–Kier alpha value is -2.05. The normalized spacial score (nSPS) is 10.7. The van der Waals surface area contributed by atoms with E-state index in [2.05, 4.69) is 4.98 Å². The molecule has 0 aliphatic heterocycles. The maximum atomic E-state index is 13.7. The van der Waals surface area contributed by atoms with E-state index >= 15 is 0 Å². The van der Waals surface area contributed by atoms with Crippen LogP contribution in [0.1, 0.15) is 10.4 Å². The zero-order valence-corrected chi connectivity index (χ0v) is 11.7. The molecule has 1 aromatic carbocycles. The van der Waals surface area contributed by atoms with Gasteiger partial charge in [-0.2, -0.15) is 0 Å². The highest BCUT2D eigenvalue weighted by Gasteiger charge is 2.13. The SMILES string of the molecule is O=C(O)c1csc(-c2csc(-c3ccccc3F)n2)c1. The summed E-state index contributed by atoms with van der Waals surface area (Å²) in [6.07, 6.45) is 0. The maximum Gasteiger partial charge on any atom is 0.336 e. The highest BCUT2D eigenvalue weighted by Crippen LogP contribution is 2.33. The number of nitrogens with zero attached hydrogens (tertiary/aromatic N) is 1. The quantitative estimate of drug-likeness (QED) is 0.781. The Bertz CT molecular complexity index is 779. The van der Waals surface area contributed by atoms with Crippen molar-refractivity contribution in [2.75, 3.05) is 0 Å². The van der Waals surface area contributed by atoms with Gasteiger partial charge in [0.05, 0.1) is 16.1 Å². The number of carboxylic acids is 1. The monoisotopic (exact) mass is 305 g/mol. The van der Waals surface area contributed by atoms with E-state index in [-0.39, 0.29) is 11.4 Å². The van der Waals surface area contributed by atoms with Gasteiger partial charge in [0.2, 0.25) is 0 Å². The van der Waals surface area contributed by atoms with Gasteiger partial charge in [0.1, 0.15) is 10.8 Å². The van der Waals surface area contributed by atoms with Crippen molar-refractivity contribution in [3.8, 4) is 21.1 Å². The molecule has 3 nitrogen and oxygen atoms in total. The number of thiazole rings is 1. The molecule has 0 fully saturated rings. The van der Waals surface area contributed by atoms with Gasteiger partial charge in [0, 0.05) is 16.3 Å². The zero-order chi connectivity index (χ0) is 14.1. The molecule has 0 saturated carbocycles. The second kappa shape index (κ2) is 5.15. The molecule has 3 rings (SSSR count). The van der Waals surface area contributed by atoms with Crippen LogP contribution in [-0.2, 0) is 0 Å². The molecular weight excluding hydrogens is 297 g/mol. The number of aromatic carboxylic acids is 1. The molecule has 20 heavy (non-hydrogen) atoms. The van der Waals surface area contributed by atoms with Gasteiger partial charge in [0.25, 0.3) is 0 Å². The first kappa shape index (κ1) is 13.0. The summed E-state index contributed by atoms with van der Waals surface area (Å²) >= 11 is 2.65. The fourth-order valence-corrected chi connectivity index (χ4v) is 3.49. The summed E-state index contributed by atoms with van der Waals surface area (Å²) in [7, 11) is 0. The van der Waals surface area contributed by atoms with Gasteiger partial charge in [-0.15, -0.1) is 22.7 Å². The largest absolute Gasteiger partial charge is 0.478 e. The Kier molecular flexibility index (Phi) is 3.33. The first-order chi connectivity index (χ1) is 9.65. The van der Waals surface area contributed by atoms with Crippen LogP contribution >= 0.6 is 22.7 Å². The fourth-order valence-electron chi connectivity index (χ4n) is 1.73. The third-order valence-corrected chi connectivity index (χ3v) is 4.54. The molecule has 0 saturated heterocycles. The van der Waals surface area contributed by atoms with Crippen LogP contribution in [0.25, 0.3) is 21.1 Å². The number of halogens is 1. The zero-order valence-electron chi connectivity index (χ0n) is 10.0. The van der Waals surface area contributed by atoms with Crippen molar-refractivity contribution in [2.45, 2.75) is 0 Å². The smallest absolute Gasteiger partial charge is 0.336 e. The minimum Gasteiger partial charge on any atom is -0.478 e. The van der Waals surface area contributed by atoms with Gasteiger partial charge in [-0.1, -0.05) is 12.1 Å². The van der Waals surface area contributed by atoms with E-state index in [0.717, 1.165) is 4.88 Å². The Balaban J connectivity index is 1.98. The lowest BCUT2D eigenvalue weighted by Gasteiger charge is -1.97. The van der Waals surface area contributed by atoms with E-state index in [1.54, 1.807) is 35.0 Å². The van der Waals surface area contributed by atoms with E-state index in [1.165, 1.54) is 28.7 Å². The second-order valence-corrected chi connectivity index (χ2v) is 5.79. The molecule has 2 heterocycles. The number of thiophene rings is 1. The van der Waals surface area contributed by atoms with Crippen molar-refractivity contribution < 1.29 is 14.3 Å². The van der Waals surface area contributed by atoms with Gasteiger partial charge in [-0.25, -0.2) is 14.2 Å². The third-order valence-electron chi connectivity index (χ3n) is 2.71. The highest BCUT2D eigenvalue weighted by molar-refractivity contribution is 7.15. The lowest BCUT2D eigenvalue weighted by molar-refractivity contribution is 0.0697. The lowest BCUT2D eigenvalue weighted by atomic mass is 10.2. The molecule has 0 radical (unpaired) electrons. The molecule has 0 aliphatic rings. The van der Waals surface area contributed by atoms with Crippen molar-refractivity contribution in [3.05, 3.63) is 52.5 Å². The summed E-state index contributed by atoms with van der Waals surface area (Å²) in [6.45, 7) is 0. The van der Waals surface area contributed by atoms with Crippen molar-refractivity contribution in [1.29, 1.82) is 0 Å². The van der Waals surface area contributed by atoms with Crippen LogP contribution in [-0.4, -0.2) is 16.1 Å². The summed E-state index contributed by atoms with van der Waals surface area (Å²) in [5, 5.41) is 12.9. The third kappa shape index (κ3) is 2.35. The number of aromatic nitrogens is 1. The molecule has 2 aromatic heterocycles. The van der Waals surface area contributed by atoms with E-state index in [0.29, 0.717) is 16.3 Å². The van der Waals surface area contributed by atoms with E-state index in [4.69, 9.17) is 5.11 Å². The van der Waals surface area contributed by atoms with Crippen molar-refractivity contribution in [2.24, 2.45) is 0 Å². The van der Waals surface area contributed by atoms with Gasteiger partial charge < -0.3 is 5.11 Å². The minimum atomic E-state index is -0.961. The Labute approximate surface area is 122 Å². The van der Waals surface area contributed by atoms with Crippen LogP contribution in [0.5, 0.6) is 0 Å². The standard InChI is InChI=1S/C14H8FNO2S2/c15-10-4-2-1-3-9(10)13-16-11(7-20-13)12-5-8(6-19-12)14(17)18/h1-7H,(H,17,18). The Morgan fingerprint density at radius 2 is 2.00 bits per heavy atom. The first-order valence-corrected chi connectivity index (χ1v) is 7.43. The number of rotatable bonds is 3. The molecule has 0 amide bonds. The predicted octanol–water partition coefficient (Wildman–Crippen LogP) is 4.38. The summed E-state index contributed by atoms with van der Waals surface area (Å²) in [5.74, 6) is -1.28. The number of hydrogen-bond donors (Lipinski definition) is 1. The Morgan fingerprint density at radius 3 is 2.70 bits per heavy atom. The molecule has 0 unspecified atom stereocenters. The van der Waals surface area contributed by atoms with Crippen LogP contribution in [0.15, 0.2) is 41.1 Å². The fraction of sp³-hybridized carbons (Fsp3) is 0. The summed E-state index contributed by atoms with van der Waals surface area (Å²) in [6, 6.07) is 8.03. The summed E-state index contributed by atoms with van der Waals surface area (Å²) in [4.78, 5) is 16.0. The number of carboxylic acid groups (broad SMARTS) is 1. The van der Waals surface area contributed by atoms with E-state index in [9.17, 15) is 9.18 Å². The first-order valence-electron chi connectivity index (χ1n) is 5.68. The molecule has 100 valence electrons. The van der Waals surface area contributed by atoms with Gasteiger partial charge >= 0.3 is 5.97 Å². The average Bonchev–Trinajstić information content (AvgIpc) is 3.08. The van der Waals surface area contributed by atoms with Crippen LogP contribution in [0.2, 0.25) is 0 Å². The van der Waals surface area contributed by atoms with Gasteiger partial charge in [-0.05, 0) is 18.2 Å². The van der Waals surface area contributed by atoms with Crippen LogP contribution in [0, 0.1) is 5.82 Å². The molecule has 1 N–H and O–H groups in total. The van der Waals surface area contributed by atoms with Crippen molar-refractivity contribution in [1.82, 2.24) is 4.98 Å². The van der Waals surface area contributed by atoms with E-state index < -0.39 is 5.97 Å². The summed E-state index contributed by atoms with van der Waals surface area (Å²) < 4.78 is 13.7. The second-order valence-electron chi connectivity index (χ2n) is 4.02. The number of carbonyl (C=O) groups is 1. The van der Waals surface area contributed by atoms with E-state index in [1.807, 2.05) is 0 Å². The molecule has 0 atom stereocenters. The topological polar surface area (TPSA) is 50.2 Å². The number of benzene rings is 1. The predicted molar refractivity (Wildman–Crippen MR) is 77.8 cm³/mol. The lowest BCUT2D eigenvalue weighted by Crippen LogP contribution is -1.91. The van der Waals surface area contributed by atoms with Crippen LogP contribution in [0.3, 0.4) is 0 Å². The molecule has 3 aromatic rings. The summed E-state index contributed by atoms with van der Waals surface area (Å²) in [5.41, 5.74) is 1.37. The van der Waals surface area contributed by atoms with Crippen LogP contribution < -0.4 is 0 Å². The minimum absolute atomic E-state index is 0.241. The molecular formula is C14H8FNO2S2.